The van der Waals surface area contributed by atoms with Gasteiger partial charge in [-0.05, 0) is 26.1 Å². The molecule has 0 bridgehead atoms. The highest BCUT2D eigenvalue weighted by Crippen LogP contribution is 2.22. The first-order valence-corrected chi connectivity index (χ1v) is 8.01. The molecule has 1 atom stereocenters. The molecule has 2 aromatic rings. The molecular weight excluding hydrogens is 296 g/mol. The second kappa shape index (κ2) is 7.34. The van der Waals surface area contributed by atoms with Crippen LogP contribution in [0.25, 0.3) is 10.2 Å². The van der Waals surface area contributed by atoms with E-state index in [0.29, 0.717) is 19.5 Å². The highest BCUT2D eigenvalue weighted by atomic mass is 32.1. The summed E-state index contributed by atoms with van der Waals surface area (Å²) in [5.74, 6) is 0.0267. The van der Waals surface area contributed by atoms with E-state index in [-0.39, 0.29) is 11.9 Å². The Balaban J connectivity index is 2.00. The fraction of sp³-hybridized carbons (Fsp3) is 0.438. The predicted molar refractivity (Wildman–Crippen MR) is 88.4 cm³/mol. The van der Waals surface area contributed by atoms with E-state index in [9.17, 15) is 4.79 Å². The summed E-state index contributed by atoms with van der Waals surface area (Å²) in [6, 6.07) is 9.86. The molecule has 1 aromatic heterocycles. The molecule has 116 valence electrons. The molecule has 1 aromatic carbocycles. The van der Waals surface area contributed by atoms with Gasteiger partial charge in [0.15, 0.2) is 0 Å². The minimum atomic E-state index is -0.240. The lowest BCUT2D eigenvalue weighted by Crippen LogP contribution is -2.44. The van der Waals surface area contributed by atoms with Crippen molar-refractivity contribution in [2.24, 2.45) is 0 Å². The molecule has 1 amide bonds. The Labute approximate surface area is 134 Å². The zero-order chi connectivity index (χ0) is 16.1. The molecule has 6 heteroatoms. The van der Waals surface area contributed by atoms with Crippen molar-refractivity contribution in [2.45, 2.75) is 25.9 Å². The number of likely N-dealkylation sites (N-methyl/N-ethyl adjacent to an activating group) is 2. The fourth-order valence-corrected chi connectivity index (χ4v) is 3.20. The molecule has 0 saturated heterocycles. The number of nitrogens with zero attached hydrogens (tertiary/aromatic N) is 4. The van der Waals surface area contributed by atoms with Crippen molar-refractivity contribution in [3.63, 3.8) is 0 Å². The number of carbonyl (C=O) groups is 1. The smallest absolute Gasteiger partial charge is 0.239 e. The minimum absolute atomic E-state index is 0.0267. The minimum Gasteiger partial charge on any atom is -0.343 e. The van der Waals surface area contributed by atoms with Gasteiger partial charge in [-0.2, -0.15) is 5.26 Å². The Bertz CT molecular complexity index is 658. The van der Waals surface area contributed by atoms with Gasteiger partial charge in [0.05, 0.1) is 35.3 Å². The van der Waals surface area contributed by atoms with Gasteiger partial charge >= 0.3 is 0 Å². The summed E-state index contributed by atoms with van der Waals surface area (Å²) in [5, 5.41) is 9.61. The number of carbonyl (C=O) groups excluding carboxylic acids is 1. The topological polar surface area (TPSA) is 60.2 Å². The summed E-state index contributed by atoms with van der Waals surface area (Å²) in [6.07, 6.45) is 0.358. The Hall–Kier alpha value is -1.97. The maximum Gasteiger partial charge on any atom is 0.239 e. The van der Waals surface area contributed by atoms with E-state index >= 15 is 0 Å². The Morgan fingerprint density at radius 3 is 2.82 bits per heavy atom. The first-order valence-electron chi connectivity index (χ1n) is 7.19. The van der Waals surface area contributed by atoms with Crippen LogP contribution in [0.15, 0.2) is 24.3 Å². The Kier molecular flexibility index (Phi) is 5.47. The van der Waals surface area contributed by atoms with E-state index in [1.165, 1.54) is 0 Å². The lowest BCUT2D eigenvalue weighted by atomic mass is 10.2. The number of benzene rings is 1. The average Bonchev–Trinajstić information content (AvgIpc) is 2.93. The zero-order valence-corrected chi connectivity index (χ0v) is 13.9. The lowest BCUT2D eigenvalue weighted by Gasteiger charge is -2.27. The van der Waals surface area contributed by atoms with E-state index in [4.69, 9.17) is 5.26 Å². The van der Waals surface area contributed by atoms with Crippen LogP contribution in [0.4, 0.5) is 0 Å². The van der Waals surface area contributed by atoms with Crippen molar-refractivity contribution in [3.8, 4) is 6.07 Å². The average molecular weight is 316 g/mol. The molecule has 0 fully saturated rings. The van der Waals surface area contributed by atoms with E-state index in [1.54, 1.807) is 23.3 Å². The molecule has 0 spiro atoms. The van der Waals surface area contributed by atoms with Gasteiger partial charge in [-0.1, -0.05) is 12.1 Å². The van der Waals surface area contributed by atoms with Gasteiger partial charge in [-0.25, -0.2) is 4.98 Å². The number of aromatic nitrogens is 1. The number of thiazole rings is 1. The first kappa shape index (κ1) is 16.4. The summed E-state index contributed by atoms with van der Waals surface area (Å²) in [5.41, 5.74) is 1.00. The second-order valence-corrected chi connectivity index (χ2v) is 6.45. The van der Waals surface area contributed by atoms with Gasteiger partial charge in [0, 0.05) is 13.6 Å². The standard InChI is InChI=1S/C16H20N4OS/c1-12(16(21)19(2)10-6-9-17)20(3)11-15-18-13-7-4-5-8-14(13)22-15/h4-5,7-8,12H,6,10-11H2,1-3H3. The summed E-state index contributed by atoms with van der Waals surface area (Å²) in [6.45, 7) is 2.99. The van der Waals surface area contributed by atoms with Crippen LogP contribution in [-0.4, -0.2) is 47.4 Å². The van der Waals surface area contributed by atoms with Crippen molar-refractivity contribution in [2.75, 3.05) is 20.6 Å². The maximum absolute atomic E-state index is 12.3. The SMILES string of the molecule is CC(C(=O)N(C)CCC#N)N(C)Cc1nc2ccccc2s1. The molecule has 0 saturated carbocycles. The number of fused-ring (bicyclic) bond motifs is 1. The molecule has 2 rings (SSSR count). The van der Waals surface area contributed by atoms with Crippen molar-refractivity contribution >= 4 is 27.5 Å². The summed E-state index contributed by atoms with van der Waals surface area (Å²) in [7, 11) is 3.66. The molecule has 1 heterocycles. The molecule has 5 nitrogen and oxygen atoms in total. The van der Waals surface area contributed by atoms with Gasteiger partial charge in [0.2, 0.25) is 5.91 Å². The van der Waals surface area contributed by atoms with E-state index in [1.807, 2.05) is 37.1 Å². The predicted octanol–water partition coefficient (Wildman–Crippen LogP) is 2.49. The van der Waals surface area contributed by atoms with Gasteiger partial charge in [0.25, 0.3) is 0 Å². The van der Waals surface area contributed by atoms with Gasteiger partial charge in [-0.3, -0.25) is 9.69 Å². The van der Waals surface area contributed by atoms with Gasteiger partial charge in [-0.15, -0.1) is 11.3 Å². The molecule has 0 aliphatic heterocycles. The maximum atomic E-state index is 12.3. The first-order chi connectivity index (χ1) is 10.5. The summed E-state index contributed by atoms with van der Waals surface area (Å²) < 4.78 is 1.16. The van der Waals surface area contributed by atoms with Crippen molar-refractivity contribution < 1.29 is 4.79 Å². The highest BCUT2D eigenvalue weighted by molar-refractivity contribution is 7.18. The number of hydrogen-bond acceptors (Lipinski definition) is 5. The number of para-hydroxylation sites is 1. The van der Waals surface area contributed by atoms with Crippen LogP contribution < -0.4 is 0 Å². The Morgan fingerprint density at radius 2 is 2.14 bits per heavy atom. The summed E-state index contributed by atoms with van der Waals surface area (Å²) in [4.78, 5) is 20.5. The van der Waals surface area contributed by atoms with Crippen molar-refractivity contribution in [1.29, 1.82) is 5.26 Å². The third kappa shape index (κ3) is 3.81. The van der Waals surface area contributed by atoms with Crippen LogP contribution in [0.5, 0.6) is 0 Å². The lowest BCUT2D eigenvalue weighted by molar-refractivity contribution is -0.134. The van der Waals surface area contributed by atoms with E-state index < -0.39 is 0 Å². The zero-order valence-electron chi connectivity index (χ0n) is 13.1. The van der Waals surface area contributed by atoms with Gasteiger partial charge < -0.3 is 4.90 Å². The van der Waals surface area contributed by atoms with E-state index in [2.05, 4.69) is 17.1 Å². The molecule has 1 unspecified atom stereocenters. The van der Waals surface area contributed by atoms with E-state index in [0.717, 1.165) is 15.2 Å². The molecule has 0 aliphatic rings. The normalized spacial score (nSPS) is 12.3. The number of rotatable bonds is 6. The summed E-state index contributed by atoms with van der Waals surface area (Å²) >= 11 is 1.66. The monoisotopic (exact) mass is 316 g/mol. The molecule has 0 N–H and O–H groups in total. The van der Waals surface area contributed by atoms with Crippen molar-refractivity contribution in [1.82, 2.24) is 14.8 Å². The van der Waals surface area contributed by atoms with Crippen LogP contribution >= 0.6 is 11.3 Å². The van der Waals surface area contributed by atoms with Crippen LogP contribution in [0.2, 0.25) is 0 Å². The highest BCUT2D eigenvalue weighted by Gasteiger charge is 2.22. The molecular formula is C16H20N4OS. The third-order valence-corrected chi connectivity index (χ3v) is 4.70. The molecule has 0 radical (unpaired) electrons. The number of nitriles is 1. The molecule has 0 aliphatic carbocycles. The van der Waals surface area contributed by atoms with Gasteiger partial charge in [0.1, 0.15) is 5.01 Å². The fourth-order valence-electron chi connectivity index (χ4n) is 2.17. The van der Waals surface area contributed by atoms with Crippen LogP contribution in [0, 0.1) is 11.3 Å². The number of amides is 1. The third-order valence-electron chi connectivity index (χ3n) is 3.68. The Morgan fingerprint density at radius 1 is 1.41 bits per heavy atom. The molecule has 22 heavy (non-hydrogen) atoms. The van der Waals surface area contributed by atoms with Crippen LogP contribution in [0.3, 0.4) is 0 Å². The van der Waals surface area contributed by atoms with Crippen LogP contribution in [0.1, 0.15) is 18.4 Å². The largest absolute Gasteiger partial charge is 0.343 e. The quantitative estimate of drug-likeness (QED) is 0.821. The van der Waals surface area contributed by atoms with Crippen LogP contribution in [-0.2, 0) is 11.3 Å². The second-order valence-electron chi connectivity index (χ2n) is 5.33. The number of hydrogen-bond donors (Lipinski definition) is 0. The van der Waals surface area contributed by atoms with Crippen molar-refractivity contribution in [3.05, 3.63) is 29.3 Å².